The Labute approximate surface area is 125 Å². The molecule has 0 radical (unpaired) electrons. The second-order valence-electron chi connectivity index (χ2n) is 5.39. The fraction of sp³-hybridized carbons (Fsp3) is 0.211. The van der Waals surface area contributed by atoms with E-state index >= 15 is 0 Å². The van der Waals surface area contributed by atoms with Crippen LogP contribution in [0.5, 0.6) is 0 Å². The molecule has 1 atom stereocenters. The Hall–Kier alpha value is -2.19. The molecule has 0 bridgehead atoms. The summed E-state index contributed by atoms with van der Waals surface area (Å²) in [7, 11) is 0. The third-order valence-electron chi connectivity index (χ3n) is 3.94. The van der Waals surface area contributed by atoms with Crippen LogP contribution in [0.25, 0.3) is 10.9 Å². The molecule has 1 unspecified atom stereocenters. The molecule has 0 aliphatic carbocycles. The van der Waals surface area contributed by atoms with Crippen LogP contribution >= 0.6 is 0 Å². The van der Waals surface area contributed by atoms with Crippen molar-refractivity contribution in [3.63, 3.8) is 0 Å². The first-order valence-corrected chi connectivity index (χ1v) is 7.37. The molecule has 0 fully saturated rings. The number of rotatable bonds is 4. The summed E-state index contributed by atoms with van der Waals surface area (Å²) in [5, 5.41) is 12.3. The Morgan fingerprint density at radius 1 is 0.952 bits per heavy atom. The van der Waals surface area contributed by atoms with Gasteiger partial charge in [0.05, 0.1) is 5.52 Å². The molecule has 1 N–H and O–H groups in total. The van der Waals surface area contributed by atoms with Gasteiger partial charge in [0.1, 0.15) is 5.60 Å². The highest BCUT2D eigenvalue weighted by Crippen LogP contribution is 2.35. The van der Waals surface area contributed by atoms with Gasteiger partial charge < -0.3 is 5.11 Å². The Bertz CT molecular complexity index is 739. The van der Waals surface area contributed by atoms with Crippen molar-refractivity contribution in [3.05, 3.63) is 78.0 Å². The van der Waals surface area contributed by atoms with Crippen LogP contribution in [-0.4, -0.2) is 10.1 Å². The Balaban J connectivity index is 2.15. The Kier molecular flexibility index (Phi) is 3.72. The second kappa shape index (κ2) is 5.66. The minimum absolute atomic E-state index is 0.697. The van der Waals surface area contributed by atoms with E-state index in [2.05, 4.69) is 11.9 Å². The number of aromatic nitrogens is 1. The standard InChI is InChI=1S/C19H19NO/c1-2-12-19(21,16-8-4-3-5-9-16)17-10-11-18-15(14-17)7-6-13-20-18/h3-11,13-14,21H,2,12H2,1H3. The zero-order valence-corrected chi connectivity index (χ0v) is 12.2. The molecule has 0 saturated carbocycles. The number of nitrogens with zero attached hydrogens (tertiary/aromatic N) is 1. The molecule has 21 heavy (non-hydrogen) atoms. The summed E-state index contributed by atoms with van der Waals surface area (Å²) in [5.74, 6) is 0. The van der Waals surface area contributed by atoms with E-state index in [0.717, 1.165) is 28.5 Å². The van der Waals surface area contributed by atoms with Crippen molar-refractivity contribution >= 4 is 10.9 Å². The predicted molar refractivity (Wildman–Crippen MR) is 86.1 cm³/mol. The lowest BCUT2D eigenvalue weighted by Gasteiger charge is -2.29. The highest BCUT2D eigenvalue weighted by atomic mass is 16.3. The van der Waals surface area contributed by atoms with E-state index in [1.807, 2.05) is 60.7 Å². The molecule has 106 valence electrons. The maximum Gasteiger partial charge on any atom is 0.115 e. The van der Waals surface area contributed by atoms with Gasteiger partial charge in [-0.15, -0.1) is 0 Å². The normalized spacial score (nSPS) is 14.0. The van der Waals surface area contributed by atoms with Crippen LogP contribution in [0.2, 0.25) is 0 Å². The summed E-state index contributed by atoms with van der Waals surface area (Å²) in [5.41, 5.74) is 1.87. The van der Waals surface area contributed by atoms with E-state index in [4.69, 9.17) is 0 Å². The highest BCUT2D eigenvalue weighted by Gasteiger charge is 2.30. The first-order chi connectivity index (χ1) is 10.2. The van der Waals surface area contributed by atoms with E-state index in [0.29, 0.717) is 6.42 Å². The lowest BCUT2D eigenvalue weighted by atomic mass is 9.82. The first-order valence-electron chi connectivity index (χ1n) is 7.37. The molecule has 2 nitrogen and oxygen atoms in total. The summed E-state index contributed by atoms with van der Waals surface area (Å²) < 4.78 is 0. The molecule has 3 rings (SSSR count). The van der Waals surface area contributed by atoms with Crippen LogP contribution in [0.15, 0.2) is 66.9 Å². The molecule has 1 aromatic heterocycles. The zero-order valence-electron chi connectivity index (χ0n) is 12.2. The maximum atomic E-state index is 11.3. The third-order valence-corrected chi connectivity index (χ3v) is 3.94. The van der Waals surface area contributed by atoms with E-state index in [9.17, 15) is 5.11 Å². The number of pyridine rings is 1. The molecule has 0 spiro atoms. The highest BCUT2D eigenvalue weighted by molar-refractivity contribution is 5.79. The smallest absolute Gasteiger partial charge is 0.115 e. The molecular weight excluding hydrogens is 258 g/mol. The van der Waals surface area contributed by atoms with Crippen LogP contribution in [0.1, 0.15) is 30.9 Å². The first kappa shape index (κ1) is 13.8. The maximum absolute atomic E-state index is 11.3. The SMILES string of the molecule is CCCC(O)(c1ccccc1)c1ccc2ncccc2c1. The van der Waals surface area contributed by atoms with Crippen LogP contribution in [-0.2, 0) is 5.60 Å². The van der Waals surface area contributed by atoms with Crippen molar-refractivity contribution in [2.75, 3.05) is 0 Å². The second-order valence-corrected chi connectivity index (χ2v) is 5.39. The Morgan fingerprint density at radius 3 is 2.52 bits per heavy atom. The van der Waals surface area contributed by atoms with Crippen molar-refractivity contribution in [1.29, 1.82) is 0 Å². The lowest BCUT2D eigenvalue weighted by Crippen LogP contribution is -2.27. The van der Waals surface area contributed by atoms with Gasteiger partial charge in [-0.3, -0.25) is 4.98 Å². The van der Waals surface area contributed by atoms with Crippen molar-refractivity contribution < 1.29 is 5.11 Å². The molecule has 3 aromatic rings. The van der Waals surface area contributed by atoms with Gasteiger partial charge >= 0.3 is 0 Å². The van der Waals surface area contributed by atoms with E-state index < -0.39 is 5.60 Å². The predicted octanol–water partition coefficient (Wildman–Crippen LogP) is 4.27. The number of aliphatic hydroxyl groups is 1. The van der Waals surface area contributed by atoms with Crippen molar-refractivity contribution in [2.24, 2.45) is 0 Å². The van der Waals surface area contributed by atoms with Gasteiger partial charge in [-0.05, 0) is 35.7 Å². The molecule has 2 heteroatoms. The van der Waals surface area contributed by atoms with Gasteiger partial charge in [-0.2, -0.15) is 0 Å². The van der Waals surface area contributed by atoms with E-state index in [-0.39, 0.29) is 0 Å². The van der Waals surface area contributed by atoms with Gasteiger partial charge in [-0.25, -0.2) is 0 Å². The summed E-state index contributed by atoms with van der Waals surface area (Å²) in [6, 6.07) is 19.9. The van der Waals surface area contributed by atoms with E-state index in [1.54, 1.807) is 6.20 Å². The number of fused-ring (bicyclic) bond motifs is 1. The minimum Gasteiger partial charge on any atom is -0.380 e. The van der Waals surface area contributed by atoms with Gasteiger partial charge in [0, 0.05) is 11.6 Å². The average Bonchev–Trinajstić information content (AvgIpc) is 2.55. The molecule has 0 saturated heterocycles. The monoisotopic (exact) mass is 277 g/mol. The molecule has 0 aliphatic heterocycles. The summed E-state index contributed by atoms with van der Waals surface area (Å²) in [6.45, 7) is 2.09. The fourth-order valence-corrected chi connectivity index (χ4v) is 2.86. The fourth-order valence-electron chi connectivity index (χ4n) is 2.86. The third kappa shape index (κ3) is 2.55. The van der Waals surface area contributed by atoms with Gasteiger partial charge in [0.25, 0.3) is 0 Å². The lowest BCUT2D eigenvalue weighted by molar-refractivity contribution is 0.0703. The summed E-state index contributed by atoms with van der Waals surface area (Å²) in [4.78, 5) is 4.34. The number of hydrogen-bond acceptors (Lipinski definition) is 2. The van der Waals surface area contributed by atoms with Crippen LogP contribution in [0.3, 0.4) is 0 Å². The zero-order chi connectivity index (χ0) is 14.7. The number of benzene rings is 2. The average molecular weight is 277 g/mol. The van der Waals surface area contributed by atoms with E-state index in [1.165, 1.54) is 0 Å². The molecular formula is C19H19NO. The Morgan fingerprint density at radius 2 is 1.76 bits per heavy atom. The molecule has 1 heterocycles. The van der Waals surface area contributed by atoms with Crippen LogP contribution < -0.4 is 0 Å². The van der Waals surface area contributed by atoms with Gasteiger partial charge in [0.15, 0.2) is 0 Å². The quantitative estimate of drug-likeness (QED) is 0.772. The van der Waals surface area contributed by atoms with Crippen molar-refractivity contribution in [2.45, 2.75) is 25.4 Å². The van der Waals surface area contributed by atoms with Gasteiger partial charge in [-0.1, -0.05) is 55.8 Å². The van der Waals surface area contributed by atoms with Crippen molar-refractivity contribution in [1.82, 2.24) is 4.98 Å². The van der Waals surface area contributed by atoms with Gasteiger partial charge in [0.2, 0.25) is 0 Å². The number of hydrogen-bond donors (Lipinski definition) is 1. The molecule has 0 aliphatic rings. The topological polar surface area (TPSA) is 33.1 Å². The minimum atomic E-state index is -0.944. The summed E-state index contributed by atoms with van der Waals surface area (Å²) >= 11 is 0. The van der Waals surface area contributed by atoms with Crippen molar-refractivity contribution in [3.8, 4) is 0 Å². The largest absolute Gasteiger partial charge is 0.380 e. The molecule has 2 aromatic carbocycles. The molecule has 0 amide bonds. The van der Waals surface area contributed by atoms with Crippen LogP contribution in [0.4, 0.5) is 0 Å². The van der Waals surface area contributed by atoms with Crippen LogP contribution in [0, 0.1) is 0 Å². The summed E-state index contributed by atoms with van der Waals surface area (Å²) in [6.07, 6.45) is 3.40.